The smallest absolute Gasteiger partial charge is 0.200 e. The van der Waals surface area contributed by atoms with Crippen LogP contribution in [0.5, 0.6) is 17.2 Å². The number of hydrogen-bond acceptors (Lipinski definition) is 6. The van der Waals surface area contributed by atoms with E-state index in [0.29, 0.717) is 16.8 Å². The summed E-state index contributed by atoms with van der Waals surface area (Å²) in [6.45, 7) is 1.99. The number of anilines is 1. The number of phenolic OH excluding ortho intramolecular Hbond substituents is 1. The molecular formula is C21H19N3O3. The van der Waals surface area contributed by atoms with Crippen LogP contribution in [0, 0.1) is 18.3 Å². The van der Waals surface area contributed by atoms with Crippen molar-refractivity contribution in [2.45, 2.75) is 6.92 Å². The number of nitrogen functional groups attached to an aromatic ring is 1. The fraction of sp³-hybridized carbons (Fsp3) is 0.143. The summed E-state index contributed by atoms with van der Waals surface area (Å²) >= 11 is 0. The van der Waals surface area contributed by atoms with Crippen LogP contribution >= 0.6 is 0 Å². The number of aromatic nitrogens is 1. The van der Waals surface area contributed by atoms with E-state index in [0.717, 1.165) is 11.1 Å². The van der Waals surface area contributed by atoms with Crippen LogP contribution in [0.2, 0.25) is 0 Å². The van der Waals surface area contributed by atoms with Crippen molar-refractivity contribution < 1.29 is 14.6 Å². The Labute approximate surface area is 157 Å². The molecule has 0 spiro atoms. The maximum absolute atomic E-state index is 10.2. The number of aryl methyl sites for hydroxylation is 1. The normalized spacial score (nSPS) is 10.3. The van der Waals surface area contributed by atoms with Gasteiger partial charge in [-0.3, -0.25) is 0 Å². The van der Waals surface area contributed by atoms with E-state index in [1.165, 1.54) is 14.2 Å². The molecule has 3 rings (SSSR count). The summed E-state index contributed by atoms with van der Waals surface area (Å²) < 4.78 is 10.4. The maximum atomic E-state index is 10.2. The van der Waals surface area contributed by atoms with Gasteiger partial charge in [-0.1, -0.05) is 23.8 Å². The van der Waals surface area contributed by atoms with E-state index >= 15 is 0 Å². The second kappa shape index (κ2) is 7.26. The Morgan fingerprint density at radius 2 is 1.70 bits per heavy atom. The molecule has 27 heavy (non-hydrogen) atoms. The van der Waals surface area contributed by atoms with Crippen molar-refractivity contribution in [3.63, 3.8) is 0 Å². The molecule has 0 aliphatic rings. The molecule has 6 nitrogen and oxygen atoms in total. The van der Waals surface area contributed by atoms with Crippen LogP contribution in [0.1, 0.15) is 11.1 Å². The molecule has 0 aliphatic heterocycles. The van der Waals surface area contributed by atoms with Gasteiger partial charge in [-0.15, -0.1) is 0 Å². The van der Waals surface area contributed by atoms with E-state index in [1.807, 2.05) is 31.2 Å². The summed E-state index contributed by atoms with van der Waals surface area (Å²) in [6.07, 6.45) is 0. The molecule has 0 saturated heterocycles. The molecule has 0 bridgehead atoms. The summed E-state index contributed by atoms with van der Waals surface area (Å²) in [7, 11) is 2.89. The number of nitriles is 1. The van der Waals surface area contributed by atoms with Crippen LogP contribution in [0.25, 0.3) is 22.4 Å². The number of rotatable bonds is 4. The Bertz CT molecular complexity index is 1030. The Morgan fingerprint density at radius 3 is 2.26 bits per heavy atom. The quantitative estimate of drug-likeness (QED) is 0.731. The van der Waals surface area contributed by atoms with Gasteiger partial charge in [-0.2, -0.15) is 5.26 Å². The van der Waals surface area contributed by atoms with Crippen molar-refractivity contribution in [2.24, 2.45) is 0 Å². The Morgan fingerprint density at radius 1 is 1.04 bits per heavy atom. The molecule has 136 valence electrons. The van der Waals surface area contributed by atoms with Gasteiger partial charge in [-0.05, 0) is 36.8 Å². The highest BCUT2D eigenvalue weighted by Crippen LogP contribution is 2.42. The SMILES string of the molecule is COc1cc(-c2cc(-c3cccc(C)c3)nc(N)c2C#N)cc(OC)c1O. The molecule has 6 heteroatoms. The minimum atomic E-state index is -0.108. The molecule has 3 aromatic rings. The zero-order valence-electron chi connectivity index (χ0n) is 15.3. The molecule has 0 amide bonds. The maximum Gasteiger partial charge on any atom is 0.200 e. The van der Waals surface area contributed by atoms with Crippen molar-refractivity contribution in [2.75, 3.05) is 20.0 Å². The predicted octanol–water partition coefficient (Wildman–Crippen LogP) is 3.90. The van der Waals surface area contributed by atoms with Gasteiger partial charge < -0.3 is 20.3 Å². The highest BCUT2D eigenvalue weighted by molar-refractivity contribution is 5.82. The first-order valence-electron chi connectivity index (χ1n) is 8.21. The minimum absolute atomic E-state index is 0.108. The molecule has 3 N–H and O–H groups in total. The van der Waals surface area contributed by atoms with Crippen LogP contribution in [0.15, 0.2) is 42.5 Å². The summed E-state index contributed by atoms with van der Waals surface area (Å²) in [5, 5.41) is 19.7. The average molecular weight is 361 g/mol. The van der Waals surface area contributed by atoms with E-state index in [1.54, 1.807) is 18.2 Å². The first-order valence-corrected chi connectivity index (χ1v) is 8.21. The highest BCUT2D eigenvalue weighted by Gasteiger charge is 2.18. The van der Waals surface area contributed by atoms with E-state index in [-0.39, 0.29) is 28.6 Å². The number of aromatic hydroxyl groups is 1. The molecule has 1 heterocycles. The number of phenols is 1. The third kappa shape index (κ3) is 3.35. The van der Waals surface area contributed by atoms with Gasteiger partial charge in [0.25, 0.3) is 0 Å². The molecule has 0 atom stereocenters. The Hall–Kier alpha value is -3.72. The lowest BCUT2D eigenvalue weighted by atomic mass is 9.97. The summed E-state index contributed by atoms with van der Waals surface area (Å²) in [4.78, 5) is 4.39. The van der Waals surface area contributed by atoms with Crippen LogP contribution in [-0.2, 0) is 0 Å². The minimum Gasteiger partial charge on any atom is -0.502 e. The van der Waals surface area contributed by atoms with Crippen molar-refractivity contribution in [3.8, 4) is 45.7 Å². The standard InChI is InChI=1S/C21H19N3O3/c1-12-5-4-6-13(7-12)17-10-15(16(11-22)21(23)24-17)14-8-18(26-2)20(25)19(9-14)27-3/h4-10,25H,1-3H3,(H2,23,24). The number of hydrogen-bond donors (Lipinski definition) is 2. The van der Waals surface area contributed by atoms with E-state index < -0.39 is 0 Å². The summed E-state index contributed by atoms with van der Waals surface area (Å²) in [5.41, 5.74) is 10.2. The average Bonchev–Trinajstić information content (AvgIpc) is 2.67. The molecule has 2 aromatic carbocycles. The molecule has 0 fully saturated rings. The molecule has 0 radical (unpaired) electrons. The number of nitrogens with zero attached hydrogens (tertiary/aromatic N) is 2. The second-order valence-corrected chi connectivity index (χ2v) is 6.03. The first kappa shape index (κ1) is 18.1. The van der Waals surface area contributed by atoms with E-state index in [4.69, 9.17) is 15.2 Å². The van der Waals surface area contributed by atoms with Gasteiger partial charge in [0, 0.05) is 11.1 Å². The van der Waals surface area contributed by atoms with Crippen LogP contribution in [-0.4, -0.2) is 24.3 Å². The number of nitrogens with two attached hydrogens (primary N) is 1. The highest BCUT2D eigenvalue weighted by atomic mass is 16.5. The third-order valence-corrected chi connectivity index (χ3v) is 4.26. The number of pyridine rings is 1. The lowest BCUT2D eigenvalue weighted by molar-refractivity contribution is 0.340. The molecule has 1 aromatic heterocycles. The first-order chi connectivity index (χ1) is 13.0. The van der Waals surface area contributed by atoms with E-state index in [2.05, 4.69) is 11.1 Å². The van der Waals surface area contributed by atoms with Crippen molar-refractivity contribution >= 4 is 5.82 Å². The lowest BCUT2D eigenvalue weighted by Crippen LogP contribution is -2.00. The Balaban J connectivity index is 2.28. The predicted molar refractivity (Wildman–Crippen MR) is 104 cm³/mol. The molecular weight excluding hydrogens is 342 g/mol. The molecule has 0 saturated carbocycles. The fourth-order valence-corrected chi connectivity index (χ4v) is 2.91. The molecule has 0 unspecified atom stereocenters. The summed E-state index contributed by atoms with van der Waals surface area (Å²) in [6, 6.07) is 15.0. The van der Waals surface area contributed by atoms with Gasteiger partial charge in [-0.25, -0.2) is 4.98 Å². The van der Waals surface area contributed by atoms with Gasteiger partial charge in [0.05, 0.1) is 19.9 Å². The van der Waals surface area contributed by atoms with Gasteiger partial charge in [0.15, 0.2) is 11.5 Å². The monoisotopic (exact) mass is 361 g/mol. The van der Waals surface area contributed by atoms with Crippen molar-refractivity contribution in [1.82, 2.24) is 4.98 Å². The van der Waals surface area contributed by atoms with E-state index in [9.17, 15) is 10.4 Å². The van der Waals surface area contributed by atoms with Gasteiger partial charge >= 0.3 is 0 Å². The zero-order valence-corrected chi connectivity index (χ0v) is 15.3. The van der Waals surface area contributed by atoms with Gasteiger partial charge in [0.2, 0.25) is 5.75 Å². The topological polar surface area (TPSA) is 101 Å². The second-order valence-electron chi connectivity index (χ2n) is 6.03. The lowest BCUT2D eigenvalue weighted by Gasteiger charge is -2.14. The fourth-order valence-electron chi connectivity index (χ4n) is 2.91. The van der Waals surface area contributed by atoms with Crippen LogP contribution in [0.4, 0.5) is 5.82 Å². The van der Waals surface area contributed by atoms with Crippen molar-refractivity contribution in [3.05, 3.63) is 53.6 Å². The zero-order chi connectivity index (χ0) is 19.6. The number of methoxy groups -OCH3 is 2. The number of ether oxygens (including phenoxy) is 2. The molecule has 0 aliphatic carbocycles. The van der Waals surface area contributed by atoms with Gasteiger partial charge in [0.1, 0.15) is 17.5 Å². The largest absolute Gasteiger partial charge is 0.502 e. The Kier molecular flexibility index (Phi) is 4.86. The van der Waals surface area contributed by atoms with Crippen molar-refractivity contribution in [1.29, 1.82) is 5.26 Å². The third-order valence-electron chi connectivity index (χ3n) is 4.26. The van der Waals surface area contributed by atoms with Crippen LogP contribution in [0.3, 0.4) is 0 Å². The number of benzene rings is 2. The summed E-state index contributed by atoms with van der Waals surface area (Å²) in [5.74, 6) is 0.502. The van der Waals surface area contributed by atoms with Crippen LogP contribution < -0.4 is 15.2 Å².